The Labute approximate surface area is 159 Å². The normalized spacial score (nSPS) is 11.1. The Morgan fingerprint density at radius 1 is 0.889 bits per heavy atom. The van der Waals surface area contributed by atoms with Crippen LogP contribution in [0.15, 0.2) is 53.4 Å². The Kier molecular flexibility index (Phi) is 6.70. The molecule has 27 heavy (non-hydrogen) atoms. The zero-order valence-electron chi connectivity index (χ0n) is 15.5. The number of nitrogens with zero attached hydrogens (tertiary/aromatic N) is 1. The molecule has 2 rings (SSSR count). The summed E-state index contributed by atoms with van der Waals surface area (Å²) in [5.41, 5.74) is 1.43. The molecule has 0 saturated carbocycles. The summed E-state index contributed by atoms with van der Waals surface area (Å²) in [6, 6.07) is 12.3. The topological polar surface area (TPSA) is 95.6 Å². The van der Waals surface area contributed by atoms with E-state index < -0.39 is 10.0 Å². The summed E-state index contributed by atoms with van der Waals surface area (Å²) in [5, 5.41) is 2.72. The highest BCUT2D eigenvalue weighted by atomic mass is 32.2. The van der Waals surface area contributed by atoms with Crippen molar-refractivity contribution in [3.63, 3.8) is 0 Å². The average Bonchev–Trinajstić information content (AvgIpc) is 2.69. The smallest absolute Gasteiger partial charge is 0.255 e. The summed E-state index contributed by atoms with van der Waals surface area (Å²) in [5.74, 6) is -0.426. The van der Waals surface area contributed by atoms with Gasteiger partial charge in [-0.1, -0.05) is 0 Å². The minimum atomic E-state index is -3.54. The van der Waals surface area contributed by atoms with Gasteiger partial charge in [0.25, 0.3) is 11.8 Å². The van der Waals surface area contributed by atoms with E-state index in [1.165, 1.54) is 31.3 Å². The van der Waals surface area contributed by atoms with E-state index in [1.807, 2.05) is 13.8 Å². The first-order valence-electron chi connectivity index (χ1n) is 8.56. The molecule has 0 atom stereocenters. The lowest BCUT2D eigenvalue weighted by molar-refractivity contribution is 0.0773. The van der Waals surface area contributed by atoms with Crippen molar-refractivity contribution in [2.24, 2.45) is 0 Å². The predicted octanol–water partition coefficient (Wildman–Crippen LogP) is 2.33. The van der Waals surface area contributed by atoms with Crippen molar-refractivity contribution in [3.8, 4) is 0 Å². The van der Waals surface area contributed by atoms with Gasteiger partial charge in [-0.25, -0.2) is 13.1 Å². The molecule has 0 fully saturated rings. The number of hydrogen-bond donors (Lipinski definition) is 2. The van der Waals surface area contributed by atoms with Crippen molar-refractivity contribution >= 4 is 27.5 Å². The predicted molar refractivity (Wildman–Crippen MR) is 104 cm³/mol. The Bertz CT molecular complexity index is 903. The Hall–Kier alpha value is -2.71. The third-order valence-corrected chi connectivity index (χ3v) is 5.57. The first-order valence-corrected chi connectivity index (χ1v) is 10.0. The van der Waals surface area contributed by atoms with Gasteiger partial charge < -0.3 is 10.2 Å². The molecule has 0 bridgehead atoms. The number of sulfonamides is 1. The first-order chi connectivity index (χ1) is 12.8. The quantitative estimate of drug-likeness (QED) is 0.760. The molecule has 2 aromatic carbocycles. The van der Waals surface area contributed by atoms with Crippen LogP contribution in [0.2, 0.25) is 0 Å². The van der Waals surface area contributed by atoms with E-state index >= 15 is 0 Å². The van der Waals surface area contributed by atoms with Crippen LogP contribution in [0.5, 0.6) is 0 Å². The molecule has 0 spiro atoms. The second kappa shape index (κ2) is 8.79. The molecule has 0 aromatic heterocycles. The molecule has 0 aliphatic carbocycles. The molecular formula is C19H23N3O4S. The molecule has 2 aromatic rings. The third-order valence-electron chi connectivity index (χ3n) is 4.14. The standard InChI is InChI=1S/C19H23N3O4S/c1-4-22(5-2)19(24)15-6-10-16(11-7-15)21-18(23)14-8-12-17(13-9-14)27(25,26)20-3/h6-13,20H,4-5H2,1-3H3,(H,21,23). The summed E-state index contributed by atoms with van der Waals surface area (Å²) in [4.78, 5) is 26.4. The van der Waals surface area contributed by atoms with E-state index in [9.17, 15) is 18.0 Å². The molecule has 0 radical (unpaired) electrons. The van der Waals surface area contributed by atoms with Crippen LogP contribution in [-0.2, 0) is 10.0 Å². The number of hydrogen-bond acceptors (Lipinski definition) is 4. The van der Waals surface area contributed by atoms with E-state index in [1.54, 1.807) is 29.2 Å². The maximum atomic E-state index is 12.3. The van der Waals surface area contributed by atoms with Crippen molar-refractivity contribution < 1.29 is 18.0 Å². The highest BCUT2D eigenvalue weighted by Gasteiger charge is 2.14. The summed E-state index contributed by atoms with van der Waals surface area (Å²) in [7, 11) is -2.22. The van der Waals surface area contributed by atoms with Crippen LogP contribution in [0.4, 0.5) is 5.69 Å². The Balaban J connectivity index is 2.09. The number of nitrogens with one attached hydrogen (secondary N) is 2. The molecule has 2 N–H and O–H groups in total. The van der Waals surface area contributed by atoms with Crippen LogP contribution in [0.3, 0.4) is 0 Å². The molecule has 0 heterocycles. The zero-order valence-corrected chi connectivity index (χ0v) is 16.3. The number of carbonyl (C=O) groups is 2. The molecule has 2 amide bonds. The van der Waals surface area contributed by atoms with Gasteiger partial charge in [-0.3, -0.25) is 9.59 Å². The second-order valence-corrected chi connectivity index (χ2v) is 7.63. The summed E-state index contributed by atoms with van der Waals surface area (Å²) < 4.78 is 25.6. The van der Waals surface area contributed by atoms with Gasteiger partial charge in [-0.15, -0.1) is 0 Å². The lowest BCUT2D eigenvalue weighted by Gasteiger charge is -2.18. The minimum Gasteiger partial charge on any atom is -0.339 e. The van der Waals surface area contributed by atoms with E-state index in [4.69, 9.17) is 0 Å². The van der Waals surface area contributed by atoms with Gasteiger partial charge in [-0.2, -0.15) is 0 Å². The Morgan fingerprint density at radius 3 is 1.89 bits per heavy atom. The number of amides is 2. The van der Waals surface area contributed by atoms with E-state index in [0.29, 0.717) is 29.9 Å². The molecule has 0 saturated heterocycles. The van der Waals surface area contributed by atoms with E-state index in [0.717, 1.165) is 0 Å². The zero-order chi connectivity index (χ0) is 20.0. The van der Waals surface area contributed by atoms with E-state index in [-0.39, 0.29) is 16.7 Å². The second-order valence-electron chi connectivity index (χ2n) is 5.74. The highest BCUT2D eigenvalue weighted by Crippen LogP contribution is 2.15. The van der Waals surface area contributed by atoms with Crippen LogP contribution in [0.25, 0.3) is 0 Å². The summed E-state index contributed by atoms with van der Waals surface area (Å²) >= 11 is 0. The van der Waals surface area contributed by atoms with Crippen LogP contribution in [-0.4, -0.2) is 45.3 Å². The molecule has 0 unspecified atom stereocenters. The van der Waals surface area contributed by atoms with E-state index in [2.05, 4.69) is 10.0 Å². The molecule has 0 aliphatic heterocycles. The molecule has 7 nitrogen and oxygen atoms in total. The van der Waals surface area contributed by atoms with Crippen molar-refractivity contribution in [2.75, 3.05) is 25.5 Å². The number of anilines is 1. The van der Waals surface area contributed by atoms with Gasteiger partial charge in [0.15, 0.2) is 0 Å². The third kappa shape index (κ3) is 4.93. The first kappa shape index (κ1) is 20.6. The SMILES string of the molecule is CCN(CC)C(=O)c1ccc(NC(=O)c2ccc(S(=O)(=O)NC)cc2)cc1. The molecule has 144 valence electrons. The van der Waals surface area contributed by atoms with Gasteiger partial charge in [-0.05, 0) is 69.4 Å². The van der Waals surface area contributed by atoms with Crippen molar-refractivity contribution in [2.45, 2.75) is 18.7 Å². The average molecular weight is 389 g/mol. The fraction of sp³-hybridized carbons (Fsp3) is 0.263. The summed E-state index contributed by atoms with van der Waals surface area (Å²) in [6.07, 6.45) is 0. The van der Waals surface area contributed by atoms with Gasteiger partial charge >= 0.3 is 0 Å². The lowest BCUT2D eigenvalue weighted by Crippen LogP contribution is -2.30. The van der Waals surface area contributed by atoms with Gasteiger partial charge in [0, 0.05) is 29.9 Å². The largest absolute Gasteiger partial charge is 0.339 e. The number of carbonyl (C=O) groups excluding carboxylic acids is 2. The summed E-state index contributed by atoms with van der Waals surface area (Å²) in [6.45, 7) is 5.10. The van der Waals surface area contributed by atoms with Crippen LogP contribution < -0.4 is 10.0 Å². The number of rotatable bonds is 7. The molecule has 8 heteroatoms. The fourth-order valence-electron chi connectivity index (χ4n) is 2.50. The lowest BCUT2D eigenvalue weighted by atomic mass is 10.1. The number of benzene rings is 2. The molecular weight excluding hydrogens is 366 g/mol. The van der Waals surface area contributed by atoms with Crippen LogP contribution in [0, 0.1) is 0 Å². The highest BCUT2D eigenvalue weighted by molar-refractivity contribution is 7.89. The maximum Gasteiger partial charge on any atom is 0.255 e. The monoisotopic (exact) mass is 389 g/mol. The fourth-order valence-corrected chi connectivity index (χ4v) is 3.23. The van der Waals surface area contributed by atoms with Gasteiger partial charge in [0.1, 0.15) is 0 Å². The van der Waals surface area contributed by atoms with Gasteiger partial charge in [0.2, 0.25) is 10.0 Å². The van der Waals surface area contributed by atoms with Crippen LogP contribution >= 0.6 is 0 Å². The van der Waals surface area contributed by atoms with Crippen molar-refractivity contribution in [1.82, 2.24) is 9.62 Å². The molecule has 0 aliphatic rings. The minimum absolute atomic E-state index is 0.0563. The maximum absolute atomic E-state index is 12.3. The van der Waals surface area contributed by atoms with Crippen LogP contribution in [0.1, 0.15) is 34.6 Å². The van der Waals surface area contributed by atoms with Gasteiger partial charge in [0.05, 0.1) is 4.90 Å². The Morgan fingerprint density at radius 2 is 1.41 bits per heavy atom. The van der Waals surface area contributed by atoms with Crippen molar-refractivity contribution in [3.05, 3.63) is 59.7 Å². The van der Waals surface area contributed by atoms with Crippen molar-refractivity contribution in [1.29, 1.82) is 0 Å².